The highest BCUT2D eigenvalue weighted by atomic mass is 16.5. The molecule has 1 aromatic rings. The summed E-state index contributed by atoms with van der Waals surface area (Å²) in [4.78, 5) is 0. The molecule has 0 aliphatic heterocycles. The van der Waals surface area contributed by atoms with E-state index in [9.17, 15) is 0 Å². The van der Waals surface area contributed by atoms with Gasteiger partial charge in [0, 0.05) is 19.9 Å². The molecule has 19 heavy (non-hydrogen) atoms. The fourth-order valence-electron chi connectivity index (χ4n) is 1.40. The number of aromatic nitrogens is 3. The van der Waals surface area contributed by atoms with Crippen LogP contribution >= 0.6 is 0 Å². The normalized spacial score (nSPS) is 11.1. The largest absolute Gasteiger partial charge is 0.382 e. The van der Waals surface area contributed by atoms with Crippen LogP contribution in [-0.2, 0) is 27.3 Å². The maximum absolute atomic E-state index is 5.44. The van der Waals surface area contributed by atoms with Crippen LogP contribution in [0.15, 0.2) is 6.20 Å². The van der Waals surface area contributed by atoms with Crippen molar-refractivity contribution in [3.63, 3.8) is 0 Å². The van der Waals surface area contributed by atoms with Crippen molar-refractivity contribution in [1.29, 1.82) is 0 Å². The molecular formula is C12H24N4O3. The summed E-state index contributed by atoms with van der Waals surface area (Å²) < 4.78 is 17.4. The Balaban J connectivity index is 1.98. The van der Waals surface area contributed by atoms with E-state index in [-0.39, 0.29) is 0 Å². The molecule has 0 fully saturated rings. The highest BCUT2D eigenvalue weighted by molar-refractivity contribution is 4.91. The molecule has 0 bridgehead atoms. The van der Waals surface area contributed by atoms with Gasteiger partial charge in [0.15, 0.2) is 0 Å². The predicted molar refractivity (Wildman–Crippen MR) is 70.9 cm³/mol. The van der Waals surface area contributed by atoms with E-state index in [1.165, 1.54) is 0 Å². The topological polar surface area (TPSA) is 70.4 Å². The van der Waals surface area contributed by atoms with Gasteiger partial charge in [-0.05, 0) is 6.54 Å². The summed E-state index contributed by atoms with van der Waals surface area (Å²) in [7, 11) is 1.66. The molecular weight excluding hydrogens is 248 g/mol. The van der Waals surface area contributed by atoms with Crippen LogP contribution in [0.1, 0.15) is 12.6 Å². The summed E-state index contributed by atoms with van der Waals surface area (Å²) in [6, 6.07) is 0. The molecule has 0 unspecified atom stereocenters. The van der Waals surface area contributed by atoms with Gasteiger partial charge in [0.1, 0.15) is 0 Å². The monoisotopic (exact) mass is 272 g/mol. The lowest BCUT2D eigenvalue weighted by Crippen LogP contribution is -2.12. The summed E-state index contributed by atoms with van der Waals surface area (Å²) in [6.07, 6.45) is 1.93. The van der Waals surface area contributed by atoms with Gasteiger partial charge in [-0.25, -0.2) is 4.68 Å². The van der Waals surface area contributed by atoms with Gasteiger partial charge in [0.05, 0.1) is 45.3 Å². The van der Waals surface area contributed by atoms with Crippen molar-refractivity contribution in [2.24, 2.45) is 0 Å². The minimum atomic E-state index is 0.586. The lowest BCUT2D eigenvalue weighted by molar-refractivity contribution is 0.0224. The maximum atomic E-state index is 5.44. The van der Waals surface area contributed by atoms with Crippen LogP contribution in [0.3, 0.4) is 0 Å². The van der Waals surface area contributed by atoms with Crippen molar-refractivity contribution >= 4 is 0 Å². The molecule has 7 heteroatoms. The third-order valence-electron chi connectivity index (χ3n) is 2.41. The van der Waals surface area contributed by atoms with E-state index >= 15 is 0 Å². The third kappa shape index (κ3) is 7.89. The number of ether oxygens (including phenoxy) is 3. The van der Waals surface area contributed by atoms with E-state index in [0.717, 1.165) is 18.8 Å². The second-order valence-electron chi connectivity index (χ2n) is 3.97. The fraction of sp³-hybridized carbons (Fsp3) is 0.833. The molecule has 1 aromatic heterocycles. The van der Waals surface area contributed by atoms with E-state index < -0.39 is 0 Å². The van der Waals surface area contributed by atoms with Crippen LogP contribution < -0.4 is 5.32 Å². The number of rotatable bonds is 12. The second kappa shape index (κ2) is 10.9. The molecule has 110 valence electrons. The van der Waals surface area contributed by atoms with E-state index in [1.54, 1.807) is 11.8 Å². The highest BCUT2D eigenvalue weighted by Crippen LogP contribution is 1.92. The van der Waals surface area contributed by atoms with Crippen molar-refractivity contribution < 1.29 is 14.2 Å². The van der Waals surface area contributed by atoms with Gasteiger partial charge >= 0.3 is 0 Å². The number of hydrogen-bond acceptors (Lipinski definition) is 6. The zero-order valence-corrected chi connectivity index (χ0v) is 11.8. The van der Waals surface area contributed by atoms with E-state index in [1.807, 2.05) is 6.20 Å². The van der Waals surface area contributed by atoms with E-state index in [2.05, 4.69) is 22.6 Å². The standard InChI is InChI=1S/C12H24N4O3/c1-3-13-10-12-11-16(15-14-12)4-5-18-8-9-19-7-6-17-2/h11,13H,3-10H2,1-2H3. The number of nitrogens with zero attached hydrogens (tertiary/aromatic N) is 3. The van der Waals surface area contributed by atoms with Crippen LogP contribution in [-0.4, -0.2) is 61.7 Å². The molecule has 0 spiro atoms. The predicted octanol–water partition coefficient (Wildman–Crippen LogP) is 0.0672. The van der Waals surface area contributed by atoms with Gasteiger partial charge in [-0.1, -0.05) is 12.1 Å². The molecule has 1 heterocycles. The Kier molecular flexibility index (Phi) is 9.17. The van der Waals surface area contributed by atoms with Gasteiger partial charge in [-0.3, -0.25) is 0 Å². The summed E-state index contributed by atoms with van der Waals surface area (Å²) in [5.74, 6) is 0. The molecule has 0 radical (unpaired) electrons. The molecule has 0 aliphatic carbocycles. The summed E-state index contributed by atoms with van der Waals surface area (Å²) in [5.41, 5.74) is 0.949. The van der Waals surface area contributed by atoms with Crippen LogP contribution in [0.5, 0.6) is 0 Å². The quantitative estimate of drug-likeness (QED) is 0.543. The summed E-state index contributed by atoms with van der Waals surface area (Å²) >= 11 is 0. The molecule has 0 aromatic carbocycles. The van der Waals surface area contributed by atoms with Gasteiger partial charge in [0.2, 0.25) is 0 Å². The van der Waals surface area contributed by atoms with Crippen LogP contribution in [0.25, 0.3) is 0 Å². The van der Waals surface area contributed by atoms with Gasteiger partial charge in [-0.15, -0.1) is 5.10 Å². The van der Waals surface area contributed by atoms with Gasteiger partial charge < -0.3 is 19.5 Å². The number of hydrogen-bond donors (Lipinski definition) is 1. The summed E-state index contributed by atoms with van der Waals surface area (Å²) in [5, 5.41) is 11.3. The van der Waals surface area contributed by atoms with Gasteiger partial charge in [-0.2, -0.15) is 0 Å². The van der Waals surface area contributed by atoms with Crippen LogP contribution in [0, 0.1) is 0 Å². The summed E-state index contributed by atoms with van der Waals surface area (Å²) in [6.45, 7) is 7.46. The minimum absolute atomic E-state index is 0.586. The Morgan fingerprint density at radius 1 is 1.16 bits per heavy atom. The Bertz CT molecular complexity index is 320. The molecule has 1 rings (SSSR count). The third-order valence-corrected chi connectivity index (χ3v) is 2.41. The Labute approximate surface area is 114 Å². The molecule has 0 atom stereocenters. The Morgan fingerprint density at radius 2 is 1.89 bits per heavy atom. The number of nitrogens with one attached hydrogen (secondary N) is 1. The first-order valence-corrected chi connectivity index (χ1v) is 6.61. The van der Waals surface area contributed by atoms with E-state index in [4.69, 9.17) is 14.2 Å². The van der Waals surface area contributed by atoms with Crippen molar-refractivity contribution in [1.82, 2.24) is 20.3 Å². The van der Waals surface area contributed by atoms with Crippen LogP contribution in [0.2, 0.25) is 0 Å². The Morgan fingerprint density at radius 3 is 2.63 bits per heavy atom. The molecule has 0 saturated carbocycles. The first-order valence-electron chi connectivity index (χ1n) is 6.61. The minimum Gasteiger partial charge on any atom is -0.382 e. The highest BCUT2D eigenvalue weighted by Gasteiger charge is 1.99. The average Bonchev–Trinajstić information content (AvgIpc) is 2.87. The van der Waals surface area contributed by atoms with E-state index in [0.29, 0.717) is 39.6 Å². The SMILES string of the molecule is CCNCc1cn(CCOCCOCCOC)nn1. The van der Waals surface area contributed by atoms with Crippen molar-refractivity contribution in [2.75, 3.05) is 46.7 Å². The molecule has 0 aliphatic rings. The zero-order valence-electron chi connectivity index (χ0n) is 11.8. The van der Waals surface area contributed by atoms with Crippen molar-refractivity contribution in [2.45, 2.75) is 20.0 Å². The zero-order chi connectivity index (χ0) is 13.8. The van der Waals surface area contributed by atoms with Gasteiger partial charge in [0.25, 0.3) is 0 Å². The average molecular weight is 272 g/mol. The molecule has 0 saturated heterocycles. The molecule has 7 nitrogen and oxygen atoms in total. The smallest absolute Gasteiger partial charge is 0.0964 e. The fourth-order valence-corrected chi connectivity index (χ4v) is 1.40. The first-order chi connectivity index (χ1) is 9.36. The lowest BCUT2D eigenvalue weighted by Gasteiger charge is -2.05. The second-order valence-corrected chi connectivity index (χ2v) is 3.97. The van der Waals surface area contributed by atoms with Crippen molar-refractivity contribution in [3.8, 4) is 0 Å². The van der Waals surface area contributed by atoms with Crippen LogP contribution in [0.4, 0.5) is 0 Å². The number of methoxy groups -OCH3 is 1. The molecule has 0 amide bonds. The Hall–Kier alpha value is -1.02. The lowest BCUT2D eigenvalue weighted by atomic mass is 10.4. The van der Waals surface area contributed by atoms with Crippen molar-refractivity contribution in [3.05, 3.63) is 11.9 Å². The first kappa shape index (κ1) is 16.0. The molecule has 1 N–H and O–H groups in total. The maximum Gasteiger partial charge on any atom is 0.0964 e.